The minimum atomic E-state index is 0.365. The molecule has 0 unspecified atom stereocenters. The largest absolute Gasteiger partial charge is 0.326 e. The second-order valence-electron chi connectivity index (χ2n) is 3.60. The van der Waals surface area contributed by atoms with Crippen LogP contribution in [-0.2, 0) is 6.54 Å². The molecule has 0 spiro atoms. The van der Waals surface area contributed by atoms with Gasteiger partial charge in [0.05, 0.1) is 5.69 Å². The van der Waals surface area contributed by atoms with Crippen LogP contribution in [0.3, 0.4) is 0 Å². The Labute approximate surface area is 78.6 Å². The summed E-state index contributed by atoms with van der Waals surface area (Å²) in [7, 11) is 0. The smallest absolute Gasteiger partial charge is 0.0543 e. The molecule has 3 heteroatoms. The molecule has 0 bridgehead atoms. The zero-order valence-corrected chi connectivity index (χ0v) is 7.69. The van der Waals surface area contributed by atoms with Crippen molar-refractivity contribution in [2.75, 3.05) is 13.1 Å². The third-order valence-electron chi connectivity index (χ3n) is 2.42. The number of hydrogen-bond acceptors (Lipinski definition) is 3. The minimum Gasteiger partial charge on any atom is -0.326 e. The van der Waals surface area contributed by atoms with E-state index in [-0.39, 0.29) is 0 Å². The standard InChI is InChI=1S/C10H15N3/c11-9-4-6-13(7-9)8-10-3-1-2-5-12-10/h1-3,5,9H,4,6-8,11H2/t9-/m0/s1. The van der Waals surface area contributed by atoms with Gasteiger partial charge in [0, 0.05) is 31.9 Å². The lowest BCUT2D eigenvalue weighted by Crippen LogP contribution is -2.26. The van der Waals surface area contributed by atoms with Crippen LogP contribution in [0.15, 0.2) is 24.4 Å². The van der Waals surface area contributed by atoms with Crippen molar-refractivity contribution in [1.82, 2.24) is 9.88 Å². The Bertz CT molecular complexity index is 260. The number of aromatic nitrogens is 1. The van der Waals surface area contributed by atoms with Crippen molar-refractivity contribution in [2.24, 2.45) is 5.73 Å². The van der Waals surface area contributed by atoms with Crippen LogP contribution in [0, 0.1) is 0 Å². The second-order valence-corrected chi connectivity index (χ2v) is 3.60. The van der Waals surface area contributed by atoms with Crippen LogP contribution < -0.4 is 5.73 Å². The average molecular weight is 177 g/mol. The van der Waals surface area contributed by atoms with Gasteiger partial charge in [-0.3, -0.25) is 9.88 Å². The summed E-state index contributed by atoms with van der Waals surface area (Å²) >= 11 is 0. The van der Waals surface area contributed by atoms with E-state index >= 15 is 0 Å². The van der Waals surface area contributed by atoms with Gasteiger partial charge in [-0.2, -0.15) is 0 Å². The van der Waals surface area contributed by atoms with Crippen molar-refractivity contribution in [3.8, 4) is 0 Å². The summed E-state index contributed by atoms with van der Waals surface area (Å²) in [6, 6.07) is 6.39. The van der Waals surface area contributed by atoms with E-state index in [1.807, 2.05) is 18.3 Å². The number of rotatable bonds is 2. The molecule has 0 aromatic carbocycles. The van der Waals surface area contributed by atoms with E-state index in [1.165, 1.54) is 0 Å². The van der Waals surface area contributed by atoms with Gasteiger partial charge in [-0.05, 0) is 18.6 Å². The van der Waals surface area contributed by atoms with Crippen LogP contribution in [0.5, 0.6) is 0 Å². The molecule has 0 aliphatic carbocycles. The molecule has 1 fully saturated rings. The Morgan fingerprint density at radius 3 is 3.08 bits per heavy atom. The predicted molar refractivity (Wildman–Crippen MR) is 52.1 cm³/mol. The summed E-state index contributed by atoms with van der Waals surface area (Å²) in [5.74, 6) is 0. The quantitative estimate of drug-likeness (QED) is 0.720. The highest BCUT2D eigenvalue weighted by Crippen LogP contribution is 2.10. The molecule has 0 radical (unpaired) electrons. The lowest BCUT2D eigenvalue weighted by molar-refractivity contribution is 0.323. The maximum Gasteiger partial charge on any atom is 0.0543 e. The molecular formula is C10H15N3. The molecule has 1 aromatic heterocycles. The summed E-state index contributed by atoms with van der Waals surface area (Å²) < 4.78 is 0. The van der Waals surface area contributed by atoms with Crippen LogP contribution in [0.25, 0.3) is 0 Å². The van der Waals surface area contributed by atoms with Gasteiger partial charge in [0.2, 0.25) is 0 Å². The van der Waals surface area contributed by atoms with Gasteiger partial charge < -0.3 is 5.73 Å². The number of nitrogens with two attached hydrogens (primary N) is 1. The van der Waals surface area contributed by atoms with Crippen LogP contribution >= 0.6 is 0 Å². The topological polar surface area (TPSA) is 42.1 Å². The summed E-state index contributed by atoms with van der Waals surface area (Å²) in [4.78, 5) is 6.64. The predicted octanol–water partition coefficient (Wildman–Crippen LogP) is 0.615. The molecule has 3 nitrogen and oxygen atoms in total. The van der Waals surface area contributed by atoms with Crippen molar-refractivity contribution in [2.45, 2.75) is 19.0 Å². The van der Waals surface area contributed by atoms with Gasteiger partial charge in [-0.15, -0.1) is 0 Å². The molecule has 1 aromatic rings. The average Bonchev–Trinajstić information content (AvgIpc) is 2.53. The van der Waals surface area contributed by atoms with Crippen molar-refractivity contribution >= 4 is 0 Å². The molecule has 1 aliphatic rings. The number of hydrogen-bond donors (Lipinski definition) is 1. The maximum absolute atomic E-state index is 5.82. The van der Waals surface area contributed by atoms with Crippen molar-refractivity contribution in [3.63, 3.8) is 0 Å². The number of likely N-dealkylation sites (tertiary alicyclic amines) is 1. The molecule has 1 atom stereocenters. The molecule has 13 heavy (non-hydrogen) atoms. The molecule has 2 N–H and O–H groups in total. The Morgan fingerprint density at radius 1 is 1.54 bits per heavy atom. The van der Waals surface area contributed by atoms with Gasteiger partial charge in [-0.1, -0.05) is 6.07 Å². The highest BCUT2D eigenvalue weighted by Gasteiger charge is 2.18. The number of nitrogens with zero attached hydrogens (tertiary/aromatic N) is 2. The van der Waals surface area contributed by atoms with Gasteiger partial charge in [0.25, 0.3) is 0 Å². The molecule has 0 saturated carbocycles. The Balaban J connectivity index is 1.92. The molecule has 1 aliphatic heterocycles. The van der Waals surface area contributed by atoms with Crippen molar-refractivity contribution < 1.29 is 0 Å². The summed E-state index contributed by atoms with van der Waals surface area (Å²) in [5.41, 5.74) is 6.95. The van der Waals surface area contributed by atoms with Gasteiger partial charge in [0.1, 0.15) is 0 Å². The van der Waals surface area contributed by atoms with Crippen LogP contribution in [0.2, 0.25) is 0 Å². The van der Waals surface area contributed by atoms with E-state index in [1.54, 1.807) is 0 Å². The third kappa shape index (κ3) is 2.26. The molecule has 2 rings (SSSR count). The molecular weight excluding hydrogens is 162 g/mol. The van der Waals surface area contributed by atoms with Crippen LogP contribution in [-0.4, -0.2) is 29.0 Å². The van der Waals surface area contributed by atoms with E-state index in [0.717, 1.165) is 31.7 Å². The zero-order chi connectivity index (χ0) is 9.10. The fraction of sp³-hybridized carbons (Fsp3) is 0.500. The first-order chi connectivity index (χ1) is 6.34. The SMILES string of the molecule is N[C@H]1CCN(Cc2ccccn2)C1. The molecule has 2 heterocycles. The second kappa shape index (κ2) is 3.85. The van der Waals surface area contributed by atoms with Gasteiger partial charge in [-0.25, -0.2) is 0 Å². The minimum absolute atomic E-state index is 0.365. The monoisotopic (exact) mass is 177 g/mol. The third-order valence-corrected chi connectivity index (χ3v) is 2.42. The van der Waals surface area contributed by atoms with E-state index in [9.17, 15) is 0 Å². The van der Waals surface area contributed by atoms with Crippen LogP contribution in [0.4, 0.5) is 0 Å². The zero-order valence-electron chi connectivity index (χ0n) is 7.69. The molecule has 1 saturated heterocycles. The molecule has 0 amide bonds. The van der Waals surface area contributed by atoms with Gasteiger partial charge in [0.15, 0.2) is 0 Å². The van der Waals surface area contributed by atoms with E-state index < -0.39 is 0 Å². The summed E-state index contributed by atoms with van der Waals surface area (Å²) in [6.45, 7) is 3.06. The van der Waals surface area contributed by atoms with Crippen LogP contribution in [0.1, 0.15) is 12.1 Å². The van der Waals surface area contributed by atoms with Crippen molar-refractivity contribution in [3.05, 3.63) is 30.1 Å². The Hall–Kier alpha value is -0.930. The highest BCUT2D eigenvalue weighted by atomic mass is 15.2. The maximum atomic E-state index is 5.82. The fourth-order valence-corrected chi connectivity index (χ4v) is 1.73. The fourth-order valence-electron chi connectivity index (χ4n) is 1.73. The first-order valence-corrected chi connectivity index (χ1v) is 4.72. The van der Waals surface area contributed by atoms with E-state index in [0.29, 0.717) is 6.04 Å². The number of pyridine rings is 1. The van der Waals surface area contributed by atoms with Gasteiger partial charge >= 0.3 is 0 Å². The lowest BCUT2D eigenvalue weighted by Gasteiger charge is -2.13. The highest BCUT2D eigenvalue weighted by molar-refractivity contribution is 5.03. The van der Waals surface area contributed by atoms with Crippen molar-refractivity contribution in [1.29, 1.82) is 0 Å². The van der Waals surface area contributed by atoms with E-state index in [4.69, 9.17) is 5.73 Å². The Morgan fingerprint density at radius 2 is 2.46 bits per heavy atom. The Kier molecular flexibility index (Phi) is 2.57. The first-order valence-electron chi connectivity index (χ1n) is 4.72. The summed E-state index contributed by atoms with van der Waals surface area (Å²) in [6.07, 6.45) is 2.96. The first kappa shape index (κ1) is 8.66. The van der Waals surface area contributed by atoms with E-state index in [2.05, 4.69) is 16.0 Å². The normalized spacial score (nSPS) is 23.6. The summed E-state index contributed by atoms with van der Waals surface area (Å²) in [5, 5.41) is 0. The lowest BCUT2D eigenvalue weighted by atomic mass is 10.3. The molecule has 70 valence electrons.